The molecule has 1 amide bonds. The second kappa shape index (κ2) is 11.0. The topological polar surface area (TPSA) is 94.1 Å². The minimum Gasteiger partial charge on any atom is -0.497 e. The Hall–Kier alpha value is -2.55. The summed E-state index contributed by atoms with van der Waals surface area (Å²) < 4.78 is 28.5. The number of unbranched alkanes of at least 4 members (excludes halogenated alkanes) is 1. The van der Waals surface area contributed by atoms with Crippen LogP contribution in [0.25, 0.3) is 0 Å². The van der Waals surface area contributed by atoms with Gasteiger partial charge in [0.25, 0.3) is 5.91 Å². The second-order valence-electron chi connectivity index (χ2n) is 8.29. The lowest BCUT2D eigenvalue weighted by Crippen LogP contribution is -2.54. The third-order valence-electron chi connectivity index (χ3n) is 6.34. The van der Waals surface area contributed by atoms with Gasteiger partial charge in [-0.3, -0.25) is 14.2 Å². The monoisotopic (exact) mass is 475 g/mol. The molecule has 7 nitrogen and oxygen atoms in total. The highest BCUT2D eigenvalue weighted by Crippen LogP contribution is 2.35. The normalized spacial score (nSPS) is 17.1. The van der Waals surface area contributed by atoms with Gasteiger partial charge < -0.3 is 14.2 Å². The molecule has 2 N–H and O–H groups in total. The van der Waals surface area contributed by atoms with Crippen molar-refractivity contribution < 1.29 is 28.4 Å². The molecule has 1 unspecified atom stereocenters. The van der Waals surface area contributed by atoms with Gasteiger partial charge in [-0.25, -0.2) is 5.48 Å². The van der Waals surface area contributed by atoms with E-state index >= 15 is 0 Å². The predicted octanol–water partition coefficient (Wildman–Crippen LogP) is 3.40. The molecule has 1 heterocycles. The summed E-state index contributed by atoms with van der Waals surface area (Å²) in [5.41, 5.74) is 3.99. The quantitative estimate of drug-likeness (QED) is 0.237. The Labute approximate surface area is 196 Å². The number of benzene rings is 2. The van der Waals surface area contributed by atoms with Gasteiger partial charge in [-0.15, -0.1) is 0 Å². The number of hydroxylamine groups is 1. The van der Waals surface area contributed by atoms with Crippen molar-refractivity contribution >= 4 is 21.3 Å². The minimum absolute atomic E-state index is 0.249. The zero-order valence-electron chi connectivity index (χ0n) is 19.3. The van der Waals surface area contributed by atoms with E-state index in [0.29, 0.717) is 18.1 Å². The average molecular weight is 476 g/mol. The van der Waals surface area contributed by atoms with Crippen molar-refractivity contribution in [3.8, 4) is 11.5 Å². The van der Waals surface area contributed by atoms with Crippen LogP contribution >= 0.6 is 0 Å². The van der Waals surface area contributed by atoms with Crippen LogP contribution in [-0.2, 0) is 31.9 Å². The van der Waals surface area contributed by atoms with E-state index in [1.54, 1.807) is 31.8 Å². The Morgan fingerprint density at radius 1 is 1.03 bits per heavy atom. The standard InChI is InChI=1S/C25H33NO6S/c1-30-21-16-20(17-22(18-21)31-2)7-5-4-6-19-8-10-23(11-9-19)33(3,29)25(24(27)26-28)12-14-32-15-13-25/h8-11,16-18,28H,3-7,12-15H2,1-2H3,(H,26,27). The van der Waals surface area contributed by atoms with E-state index in [1.165, 1.54) is 5.56 Å². The second-order valence-corrected chi connectivity index (χ2v) is 10.9. The number of amides is 1. The van der Waals surface area contributed by atoms with Crippen molar-refractivity contribution in [2.24, 2.45) is 0 Å². The molecule has 1 aliphatic rings. The van der Waals surface area contributed by atoms with Crippen LogP contribution in [-0.4, -0.2) is 53.4 Å². The minimum atomic E-state index is -3.00. The van der Waals surface area contributed by atoms with Gasteiger partial charge in [-0.2, -0.15) is 0 Å². The maximum Gasteiger partial charge on any atom is 0.262 e. The molecule has 0 saturated carbocycles. The summed E-state index contributed by atoms with van der Waals surface area (Å²) in [6.07, 6.45) is 4.29. The summed E-state index contributed by atoms with van der Waals surface area (Å²) in [6.45, 7) is 0.606. The molecule has 1 atom stereocenters. The van der Waals surface area contributed by atoms with Crippen LogP contribution in [0.3, 0.4) is 0 Å². The summed E-state index contributed by atoms with van der Waals surface area (Å²) >= 11 is 0. The van der Waals surface area contributed by atoms with Crippen LogP contribution in [0.4, 0.5) is 0 Å². The summed E-state index contributed by atoms with van der Waals surface area (Å²) in [5, 5.41) is 9.26. The molecular weight excluding hydrogens is 442 g/mol. The van der Waals surface area contributed by atoms with E-state index in [9.17, 15) is 14.2 Å². The molecule has 1 aliphatic heterocycles. The molecule has 33 heavy (non-hydrogen) atoms. The van der Waals surface area contributed by atoms with Gasteiger partial charge in [0.2, 0.25) is 0 Å². The zero-order valence-corrected chi connectivity index (χ0v) is 20.1. The average Bonchev–Trinajstić information content (AvgIpc) is 2.86. The van der Waals surface area contributed by atoms with Gasteiger partial charge in [0.15, 0.2) is 0 Å². The molecule has 0 spiro atoms. The first kappa shape index (κ1) is 25.1. The number of nitrogens with one attached hydrogen (secondary N) is 1. The predicted molar refractivity (Wildman–Crippen MR) is 129 cm³/mol. The van der Waals surface area contributed by atoms with Gasteiger partial charge in [-0.05, 0) is 79.8 Å². The first-order chi connectivity index (χ1) is 15.9. The van der Waals surface area contributed by atoms with Gasteiger partial charge in [0.1, 0.15) is 16.2 Å². The molecule has 180 valence electrons. The number of rotatable bonds is 10. The fourth-order valence-electron chi connectivity index (χ4n) is 4.28. The highest BCUT2D eigenvalue weighted by molar-refractivity contribution is 8.02. The van der Waals surface area contributed by atoms with Crippen molar-refractivity contribution in [1.82, 2.24) is 5.48 Å². The molecule has 0 radical (unpaired) electrons. The van der Waals surface area contributed by atoms with E-state index < -0.39 is 20.2 Å². The van der Waals surface area contributed by atoms with E-state index in [1.807, 2.05) is 30.3 Å². The fraction of sp³-hybridized carbons (Fsp3) is 0.440. The van der Waals surface area contributed by atoms with E-state index in [0.717, 1.165) is 42.7 Å². The molecule has 1 saturated heterocycles. The first-order valence-corrected chi connectivity index (χ1v) is 12.8. The number of carbonyl (C=O) groups excluding carboxylic acids is 1. The smallest absolute Gasteiger partial charge is 0.262 e. The lowest BCUT2D eigenvalue weighted by Gasteiger charge is -2.37. The van der Waals surface area contributed by atoms with E-state index in [-0.39, 0.29) is 12.8 Å². The van der Waals surface area contributed by atoms with Crippen LogP contribution in [0.1, 0.15) is 36.8 Å². The molecule has 0 aromatic heterocycles. The number of ether oxygens (including phenoxy) is 3. The van der Waals surface area contributed by atoms with Crippen molar-refractivity contribution in [2.75, 3.05) is 27.4 Å². The Morgan fingerprint density at radius 2 is 1.58 bits per heavy atom. The van der Waals surface area contributed by atoms with Gasteiger partial charge in [0.05, 0.1) is 14.2 Å². The Bertz CT molecular complexity index is 1020. The van der Waals surface area contributed by atoms with Crippen molar-refractivity contribution in [1.29, 1.82) is 0 Å². The third-order valence-corrected chi connectivity index (χ3v) is 9.23. The Morgan fingerprint density at radius 3 is 2.09 bits per heavy atom. The number of aryl methyl sites for hydroxylation is 2. The number of carbonyl (C=O) groups is 1. The van der Waals surface area contributed by atoms with Crippen LogP contribution in [0.5, 0.6) is 11.5 Å². The molecule has 8 heteroatoms. The lowest BCUT2D eigenvalue weighted by molar-refractivity contribution is -0.134. The van der Waals surface area contributed by atoms with Gasteiger partial charge in [0, 0.05) is 33.7 Å². The number of hydrogen-bond donors (Lipinski definition) is 2. The zero-order chi connectivity index (χ0) is 23.9. The van der Waals surface area contributed by atoms with Gasteiger partial charge in [-0.1, -0.05) is 12.1 Å². The van der Waals surface area contributed by atoms with Crippen molar-refractivity contribution in [3.63, 3.8) is 0 Å². The summed E-state index contributed by atoms with van der Waals surface area (Å²) in [6, 6.07) is 13.4. The Balaban J connectivity index is 1.63. The maximum atomic E-state index is 13.7. The highest BCUT2D eigenvalue weighted by Gasteiger charge is 2.48. The summed E-state index contributed by atoms with van der Waals surface area (Å²) in [4.78, 5) is 13.0. The third kappa shape index (κ3) is 5.51. The summed E-state index contributed by atoms with van der Waals surface area (Å²) in [5.74, 6) is 4.86. The van der Waals surface area contributed by atoms with Crippen molar-refractivity contribution in [2.45, 2.75) is 48.2 Å². The molecule has 2 aromatic rings. The maximum absolute atomic E-state index is 13.7. The van der Waals surface area contributed by atoms with E-state index in [2.05, 4.69) is 5.87 Å². The molecule has 1 fully saturated rings. The SMILES string of the molecule is C=S(=O)(c1ccc(CCCCc2cc(OC)cc(OC)c2)cc1)C1(C(=O)NO)CCOCC1. The van der Waals surface area contributed by atoms with Crippen LogP contribution in [0.15, 0.2) is 47.4 Å². The molecule has 3 rings (SSSR count). The molecule has 2 aromatic carbocycles. The summed E-state index contributed by atoms with van der Waals surface area (Å²) in [7, 11) is 0.289. The lowest BCUT2D eigenvalue weighted by atomic mass is 9.98. The van der Waals surface area contributed by atoms with Crippen molar-refractivity contribution in [3.05, 3.63) is 53.6 Å². The molecule has 0 aliphatic carbocycles. The number of methoxy groups -OCH3 is 2. The Kier molecular flexibility index (Phi) is 8.40. The van der Waals surface area contributed by atoms with Gasteiger partial charge >= 0.3 is 0 Å². The largest absolute Gasteiger partial charge is 0.497 e. The van der Waals surface area contributed by atoms with E-state index in [4.69, 9.17) is 14.2 Å². The first-order valence-electron chi connectivity index (χ1n) is 11.1. The van der Waals surface area contributed by atoms with Crippen LogP contribution in [0, 0.1) is 0 Å². The van der Waals surface area contributed by atoms with Crippen LogP contribution < -0.4 is 15.0 Å². The molecular formula is C25H33NO6S. The molecule has 0 bridgehead atoms. The number of hydrogen-bond acceptors (Lipinski definition) is 6. The fourth-order valence-corrected chi connectivity index (χ4v) is 6.48. The van der Waals surface area contributed by atoms with Crippen LogP contribution in [0.2, 0.25) is 0 Å². The highest BCUT2D eigenvalue weighted by atomic mass is 32.2.